The lowest BCUT2D eigenvalue weighted by atomic mass is 10.0. The maximum absolute atomic E-state index is 14.3. The Morgan fingerprint density at radius 2 is 1.12 bits per heavy atom. The van der Waals surface area contributed by atoms with Gasteiger partial charge in [0.15, 0.2) is 29.2 Å². The van der Waals surface area contributed by atoms with Crippen molar-refractivity contribution in [3.63, 3.8) is 0 Å². The van der Waals surface area contributed by atoms with Crippen LogP contribution in [-0.2, 0) is 68.4 Å². The van der Waals surface area contributed by atoms with Crippen LogP contribution >= 0.6 is 15.9 Å². The van der Waals surface area contributed by atoms with Crippen molar-refractivity contribution in [1.82, 2.24) is 25.8 Å². The minimum absolute atomic E-state index is 0.00429. The Morgan fingerprint density at radius 3 is 1.68 bits per heavy atom. The molecule has 4 aliphatic heterocycles. The number of unbranched alkanes of at least 4 members (excludes halogenated alkanes) is 2. The highest BCUT2D eigenvalue weighted by Gasteiger charge is 2.45. The number of aliphatic hydroxyl groups is 1. The number of hydrogen-bond donors (Lipinski definition) is 5. The van der Waals surface area contributed by atoms with Gasteiger partial charge in [0.2, 0.25) is 23.6 Å². The molecule has 550 valence electrons. The molecule has 0 aromatic heterocycles. The Balaban J connectivity index is 0.757. The van der Waals surface area contributed by atoms with Crippen LogP contribution in [-0.4, -0.2) is 238 Å². The fraction of sp³-hybridized carbons (Fsp3) is 0.571. The molecule has 0 saturated carbocycles. The summed E-state index contributed by atoms with van der Waals surface area (Å²) in [7, 11) is 2.97. The maximum atomic E-state index is 14.3. The summed E-state index contributed by atoms with van der Waals surface area (Å²) in [6.45, 7) is 15.8. The van der Waals surface area contributed by atoms with Gasteiger partial charge >= 0.3 is 6.09 Å². The van der Waals surface area contributed by atoms with E-state index in [2.05, 4.69) is 42.2 Å². The van der Waals surface area contributed by atoms with Crippen molar-refractivity contribution >= 4 is 80.7 Å². The Morgan fingerprint density at radius 1 is 0.600 bits per heavy atom. The van der Waals surface area contributed by atoms with Crippen LogP contribution in [0.4, 0.5) is 21.9 Å². The second-order valence-corrected chi connectivity index (χ2v) is 24.7. The second kappa shape index (κ2) is 42.5. The van der Waals surface area contributed by atoms with E-state index in [-0.39, 0.29) is 84.7 Å². The van der Waals surface area contributed by atoms with E-state index < -0.39 is 54.1 Å². The molecule has 0 bridgehead atoms. The first-order valence-electron chi connectivity index (χ1n) is 33.7. The monoisotopic (exact) mass is 1460 g/mol. The van der Waals surface area contributed by atoms with E-state index in [4.69, 9.17) is 61.6 Å². The molecular formula is C70H97BrN8O21. The summed E-state index contributed by atoms with van der Waals surface area (Å²) < 4.78 is 73.4. The van der Waals surface area contributed by atoms with E-state index in [1.54, 1.807) is 67.6 Å². The van der Waals surface area contributed by atoms with E-state index in [0.717, 1.165) is 22.5 Å². The number of aliphatic imine (C=N–C) groups is 1. The van der Waals surface area contributed by atoms with Crippen molar-refractivity contribution in [2.24, 2.45) is 10.9 Å². The first kappa shape index (κ1) is 79.5. The molecule has 0 saturated heterocycles. The minimum atomic E-state index is -1.52. The van der Waals surface area contributed by atoms with Gasteiger partial charge in [-0.3, -0.25) is 33.8 Å². The number of ether oxygens (including phenoxy) is 13. The van der Waals surface area contributed by atoms with Gasteiger partial charge in [-0.1, -0.05) is 53.1 Å². The smallest absolute Gasteiger partial charge is 0.416 e. The average molecular weight is 1470 g/mol. The van der Waals surface area contributed by atoms with E-state index >= 15 is 0 Å². The molecule has 4 heterocycles. The van der Waals surface area contributed by atoms with Crippen LogP contribution in [0.1, 0.15) is 99.4 Å². The first-order chi connectivity index (χ1) is 48.4. The largest absolute Gasteiger partial charge is 0.493 e. The van der Waals surface area contributed by atoms with Gasteiger partial charge in [0, 0.05) is 49.4 Å². The predicted molar refractivity (Wildman–Crippen MR) is 372 cm³/mol. The molecule has 5 atom stereocenters. The summed E-state index contributed by atoms with van der Waals surface area (Å²) in [6, 6.07) is 9.98. The number of nitrogens with one attached hydrogen (secondary N) is 4. The van der Waals surface area contributed by atoms with Gasteiger partial charge in [-0.25, -0.2) is 9.69 Å². The van der Waals surface area contributed by atoms with Gasteiger partial charge in [0.05, 0.1) is 173 Å². The Labute approximate surface area is 592 Å². The molecule has 7 rings (SSSR count). The summed E-state index contributed by atoms with van der Waals surface area (Å²) in [5, 5.41) is 23.1. The number of carbonyl (C=O) groups is 7. The molecule has 0 spiro atoms. The summed E-state index contributed by atoms with van der Waals surface area (Å²) >= 11 is 3.08. The Hall–Kier alpha value is -7.78. The van der Waals surface area contributed by atoms with Gasteiger partial charge in [0.1, 0.15) is 18.7 Å². The molecule has 1 unspecified atom stereocenters. The number of fused-ring (bicyclic) bond motifs is 4. The summed E-state index contributed by atoms with van der Waals surface area (Å²) in [5.41, 5.74) is 3.94. The summed E-state index contributed by atoms with van der Waals surface area (Å²) in [5.74, 6) is -1.09. The molecule has 3 aromatic carbocycles. The highest BCUT2D eigenvalue weighted by molar-refractivity contribution is 9.09. The van der Waals surface area contributed by atoms with Crippen molar-refractivity contribution in [2.75, 3.05) is 155 Å². The van der Waals surface area contributed by atoms with Crippen LogP contribution in [0, 0.1) is 5.92 Å². The molecule has 30 heteroatoms. The lowest BCUT2D eigenvalue weighted by molar-refractivity contribution is -0.132. The molecular weight excluding hydrogens is 1370 g/mol. The van der Waals surface area contributed by atoms with E-state index in [1.165, 1.54) is 38.2 Å². The zero-order chi connectivity index (χ0) is 71.8. The van der Waals surface area contributed by atoms with E-state index in [1.807, 2.05) is 20.0 Å². The number of rotatable bonds is 46. The lowest BCUT2D eigenvalue weighted by Crippen LogP contribution is -2.53. The van der Waals surface area contributed by atoms with Gasteiger partial charge < -0.3 is 97.8 Å². The quantitative estimate of drug-likeness (QED) is 0.0303. The van der Waals surface area contributed by atoms with Crippen molar-refractivity contribution in [1.29, 1.82) is 0 Å². The normalized spacial score (nSPS) is 16.7. The predicted octanol–water partition coefficient (Wildman–Crippen LogP) is 6.38. The Bertz CT molecular complexity index is 3260. The van der Waals surface area contributed by atoms with Gasteiger partial charge in [-0.05, 0) is 88.6 Å². The molecule has 29 nitrogen and oxygen atoms in total. The Kier molecular flexibility index (Phi) is 33.8. The topological polar surface area (TPSA) is 330 Å². The van der Waals surface area contributed by atoms with Gasteiger partial charge in [-0.15, -0.1) is 0 Å². The summed E-state index contributed by atoms with van der Waals surface area (Å²) in [6.07, 6.45) is 5.81. The number of benzene rings is 3. The van der Waals surface area contributed by atoms with Crippen molar-refractivity contribution in [3.05, 3.63) is 88.8 Å². The number of methoxy groups -OCH3 is 2. The zero-order valence-corrected chi connectivity index (χ0v) is 59.8. The second-order valence-electron chi connectivity index (χ2n) is 24.2. The number of anilines is 2. The number of nitrogens with zero attached hydrogens (tertiary/aromatic N) is 4. The molecule has 4 aliphatic rings. The molecule has 7 amide bonds. The van der Waals surface area contributed by atoms with Crippen LogP contribution in [0.25, 0.3) is 0 Å². The molecule has 0 radical (unpaired) electrons. The third-order valence-electron chi connectivity index (χ3n) is 16.1. The SMILES string of the molecule is COc1cc2c(cc1OCCCCCOc1cc3c(cc1OC)C(=O)N1C=C(C)C[C@H]1[C@H](O)N3C(=O)OCc1ccc(NC(=O)[C@H](C)NC(=O)[C@@H](NC(=O)CCOCCOCCOCCOCCOCCOCCOCCOCCNC(=O)CBr)C(C)C)cc1)N=CC1CC(C)=CN1C2=O. The van der Waals surface area contributed by atoms with Gasteiger partial charge in [0.25, 0.3) is 11.8 Å². The highest BCUT2D eigenvalue weighted by Crippen LogP contribution is 2.43. The minimum Gasteiger partial charge on any atom is -0.493 e. The van der Waals surface area contributed by atoms with Crippen molar-refractivity contribution < 1.29 is 100 Å². The fourth-order valence-corrected chi connectivity index (χ4v) is 11.0. The van der Waals surface area contributed by atoms with Gasteiger partial charge in [-0.2, -0.15) is 0 Å². The molecule has 0 fully saturated rings. The average Bonchev–Trinajstić information content (AvgIpc) is 1.59. The zero-order valence-electron chi connectivity index (χ0n) is 58.2. The number of alkyl halides is 1. The standard InChI is InChI=1S/C70H97BrN8O21/c1-46(2)64(76-62(80)15-19-90-21-23-92-25-27-94-29-31-96-33-34-97-32-30-95-28-26-93-24-22-91-20-16-72-63(81)41-71)66(83)74-49(5)65(82)75-51-13-11-50(12-14-51)45-100-70(87)79-56-40-61(59(89-7)38-54(56)68(85)78-44-48(4)36-57(78)69(79)86)99-18-10-8-9-17-98-60-39-55-53(37-58(60)88-6)67(84)77-43-47(3)35-52(77)42-73-55/h11-14,37-40,42-44,46,49,52,57,64,69,86H,8-10,15-36,41,45H2,1-7H3,(H,72,81)(H,74,83)(H,75,82)(H,76,80)/t49-,52?,57-,64-,69-/m0/s1. The molecule has 100 heavy (non-hydrogen) atoms. The number of amides is 7. The maximum Gasteiger partial charge on any atom is 0.416 e. The van der Waals surface area contributed by atoms with Crippen LogP contribution in [0.15, 0.2) is 77.1 Å². The highest BCUT2D eigenvalue weighted by atomic mass is 79.9. The third kappa shape index (κ3) is 24.8. The van der Waals surface area contributed by atoms with Crippen molar-refractivity contribution in [2.45, 2.75) is 110 Å². The number of aliphatic hydroxyl groups excluding tert-OH is 1. The van der Waals surface area contributed by atoms with Crippen LogP contribution < -0.4 is 45.1 Å². The van der Waals surface area contributed by atoms with Crippen LogP contribution in [0.5, 0.6) is 23.0 Å². The molecule has 5 N–H and O–H groups in total. The number of carbonyl (C=O) groups excluding carboxylic acids is 7. The number of hydrogen-bond acceptors (Lipinski definition) is 22. The number of halogens is 1. The molecule has 3 aromatic rings. The lowest BCUT2D eigenvalue weighted by Gasteiger charge is -2.31. The van der Waals surface area contributed by atoms with Crippen LogP contribution in [0.3, 0.4) is 0 Å². The van der Waals surface area contributed by atoms with Crippen molar-refractivity contribution in [3.8, 4) is 23.0 Å². The first-order valence-corrected chi connectivity index (χ1v) is 34.8. The fourth-order valence-electron chi connectivity index (χ4n) is 10.8. The molecule has 0 aliphatic carbocycles. The third-order valence-corrected chi connectivity index (χ3v) is 16.6. The van der Waals surface area contributed by atoms with E-state index in [9.17, 15) is 38.7 Å². The van der Waals surface area contributed by atoms with Crippen LogP contribution in [0.2, 0.25) is 0 Å². The summed E-state index contributed by atoms with van der Waals surface area (Å²) in [4.78, 5) is 101. The van der Waals surface area contributed by atoms with E-state index in [0.29, 0.717) is 165 Å².